The van der Waals surface area contributed by atoms with Crippen LogP contribution in [-0.2, 0) is 11.2 Å². The average molecular weight is 412 g/mol. The molecular weight excluding hydrogens is 388 g/mol. The number of rotatable bonds is 6. The summed E-state index contributed by atoms with van der Waals surface area (Å²) in [6.45, 7) is 0. The number of pyridine rings is 1. The second-order valence-electron chi connectivity index (χ2n) is 8.06. The van der Waals surface area contributed by atoms with E-state index in [1.54, 1.807) is 13.3 Å². The van der Waals surface area contributed by atoms with E-state index in [9.17, 15) is 4.79 Å². The summed E-state index contributed by atoms with van der Waals surface area (Å²) in [7, 11) is 1.70. The highest BCUT2D eigenvalue weighted by molar-refractivity contribution is 5.92. The van der Waals surface area contributed by atoms with Gasteiger partial charge in [0.05, 0.1) is 25.4 Å². The molecule has 2 heterocycles. The molecule has 0 radical (unpaired) electrons. The summed E-state index contributed by atoms with van der Waals surface area (Å²) in [6.07, 6.45) is 7.92. The van der Waals surface area contributed by atoms with Crippen molar-refractivity contribution in [2.75, 3.05) is 12.4 Å². The van der Waals surface area contributed by atoms with Crippen molar-refractivity contribution in [2.24, 2.45) is 0 Å². The Kier molecular flexibility index (Phi) is 5.12. The third kappa shape index (κ3) is 4.14. The molecule has 4 aromatic rings. The summed E-state index contributed by atoms with van der Waals surface area (Å²) in [5.74, 6) is 1.95. The second kappa shape index (κ2) is 8.22. The fourth-order valence-electron chi connectivity index (χ4n) is 4.21. The van der Waals surface area contributed by atoms with Crippen LogP contribution in [0, 0.1) is 0 Å². The Bertz CT molecular complexity index is 1230. The normalized spacial score (nSPS) is 17.8. The fraction of sp³-hybridized carbons (Fsp3) is 0.240. The molecule has 2 aromatic carbocycles. The van der Waals surface area contributed by atoms with Gasteiger partial charge in [-0.1, -0.05) is 24.3 Å². The molecule has 0 aliphatic heterocycles. The van der Waals surface area contributed by atoms with Crippen molar-refractivity contribution in [1.82, 2.24) is 14.5 Å². The van der Waals surface area contributed by atoms with Gasteiger partial charge in [-0.3, -0.25) is 9.78 Å². The number of nitrogens with zero attached hydrogens (tertiary/aromatic N) is 3. The van der Waals surface area contributed by atoms with Crippen LogP contribution in [0.5, 0.6) is 5.75 Å². The van der Waals surface area contributed by atoms with Crippen LogP contribution in [0.4, 0.5) is 5.82 Å². The number of carbonyl (C=O) groups excluding carboxylic acids is 1. The van der Waals surface area contributed by atoms with E-state index < -0.39 is 0 Å². The van der Waals surface area contributed by atoms with Crippen LogP contribution >= 0.6 is 0 Å². The number of imidazole rings is 1. The van der Waals surface area contributed by atoms with Gasteiger partial charge in [0, 0.05) is 23.8 Å². The first-order valence-electron chi connectivity index (χ1n) is 10.5. The summed E-state index contributed by atoms with van der Waals surface area (Å²) in [5, 5.41) is 3.95. The highest BCUT2D eigenvalue weighted by Gasteiger charge is 2.31. The van der Waals surface area contributed by atoms with Gasteiger partial charge >= 0.3 is 0 Å². The number of carbonyl (C=O) groups is 1. The van der Waals surface area contributed by atoms with Gasteiger partial charge in [-0.25, -0.2) is 4.98 Å². The Morgan fingerprint density at radius 2 is 2.03 bits per heavy atom. The maximum atomic E-state index is 12.5. The van der Waals surface area contributed by atoms with Crippen molar-refractivity contribution in [3.8, 4) is 5.75 Å². The zero-order chi connectivity index (χ0) is 21.2. The Morgan fingerprint density at radius 3 is 2.90 bits per heavy atom. The Balaban J connectivity index is 1.17. The molecule has 0 unspecified atom stereocenters. The minimum absolute atomic E-state index is 0.0728. The monoisotopic (exact) mass is 412 g/mol. The van der Waals surface area contributed by atoms with E-state index in [4.69, 9.17) is 4.74 Å². The first-order chi connectivity index (χ1) is 15.2. The van der Waals surface area contributed by atoms with E-state index in [-0.39, 0.29) is 5.91 Å². The van der Waals surface area contributed by atoms with E-state index in [2.05, 4.69) is 32.0 Å². The van der Waals surface area contributed by atoms with Gasteiger partial charge in [-0.2, -0.15) is 0 Å². The molecule has 0 spiro atoms. The number of fused-ring (bicyclic) bond motifs is 1. The van der Waals surface area contributed by atoms with Crippen LogP contribution in [0.15, 0.2) is 73.3 Å². The molecule has 0 saturated heterocycles. The largest absolute Gasteiger partial charge is 0.497 e. The van der Waals surface area contributed by atoms with Crippen molar-refractivity contribution in [1.29, 1.82) is 0 Å². The third-order valence-corrected chi connectivity index (χ3v) is 6.00. The molecule has 6 nitrogen and oxygen atoms in total. The number of anilines is 1. The summed E-state index contributed by atoms with van der Waals surface area (Å²) in [6, 6.07) is 18.5. The molecule has 1 aliphatic carbocycles. The van der Waals surface area contributed by atoms with Gasteiger partial charge in [0.15, 0.2) is 5.82 Å². The Morgan fingerprint density at radius 1 is 1.13 bits per heavy atom. The molecule has 1 fully saturated rings. The van der Waals surface area contributed by atoms with Gasteiger partial charge in [0.1, 0.15) is 5.75 Å². The molecule has 1 aliphatic rings. The molecule has 6 heteroatoms. The third-order valence-electron chi connectivity index (χ3n) is 6.00. The maximum Gasteiger partial charge on any atom is 0.229 e. The molecule has 31 heavy (non-hydrogen) atoms. The smallest absolute Gasteiger partial charge is 0.229 e. The molecule has 0 atom stereocenters. The van der Waals surface area contributed by atoms with E-state index in [1.165, 1.54) is 5.56 Å². The molecule has 1 N–H and O–H groups in total. The van der Waals surface area contributed by atoms with Crippen molar-refractivity contribution >= 4 is 22.6 Å². The predicted molar refractivity (Wildman–Crippen MR) is 120 cm³/mol. The number of methoxy groups -OCH3 is 1. The van der Waals surface area contributed by atoms with Crippen LogP contribution in [-0.4, -0.2) is 27.6 Å². The molecule has 156 valence electrons. The van der Waals surface area contributed by atoms with Gasteiger partial charge in [0.2, 0.25) is 5.91 Å². The van der Waals surface area contributed by atoms with Crippen molar-refractivity contribution < 1.29 is 9.53 Å². The molecule has 2 aromatic heterocycles. The topological polar surface area (TPSA) is 69.0 Å². The van der Waals surface area contributed by atoms with Crippen molar-refractivity contribution in [3.63, 3.8) is 0 Å². The summed E-state index contributed by atoms with van der Waals surface area (Å²) in [5.41, 5.74) is 3.20. The zero-order valence-electron chi connectivity index (χ0n) is 17.4. The van der Waals surface area contributed by atoms with Crippen molar-refractivity contribution in [3.05, 3.63) is 84.4 Å². The van der Waals surface area contributed by atoms with Crippen LogP contribution in [0.2, 0.25) is 0 Å². The van der Waals surface area contributed by atoms with Crippen LogP contribution < -0.4 is 10.1 Å². The lowest BCUT2D eigenvalue weighted by molar-refractivity contribution is -0.115. The van der Waals surface area contributed by atoms with Gasteiger partial charge in [0.25, 0.3) is 0 Å². The molecule has 1 saturated carbocycles. The summed E-state index contributed by atoms with van der Waals surface area (Å²) < 4.78 is 7.44. The van der Waals surface area contributed by atoms with Crippen LogP contribution in [0.3, 0.4) is 0 Å². The van der Waals surface area contributed by atoms with Crippen LogP contribution in [0.25, 0.3) is 10.9 Å². The highest BCUT2D eigenvalue weighted by Crippen LogP contribution is 2.45. The van der Waals surface area contributed by atoms with Crippen molar-refractivity contribution in [2.45, 2.75) is 31.2 Å². The molecule has 0 bridgehead atoms. The first kappa shape index (κ1) is 19.3. The number of nitrogens with one attached hydrogen (secondary N) is 1. The highest BCUT2D eigenvalue weighted by atomic mass is 16.5. The van der Waals surface area contributed by atoms with E-state index in [0.29, 0.717) is 24.2 Å². The number of benzene rings is 2. The standard InChI is InChI=1S/C25H24N4O2/c1-31-22-6-2-4-18(14-22)20-12-21(13-20)29-15-24(27-16-29)28-25(30)11-17-7-8-23-19(10-17)5-3-9-26-23/h2-10,14-16,20-21H,11-13H2,1H3,(H,28,30). The number of hydrogen-bond acceptors (Lipinski definition) is 4. The molecule has 5 rings (SSSR count). The first-order valence-corrected chi connectivity index (χ1v) is 10.5. The number of hydrogen-bond donors (Lipinski definition) is 1. The minimum Gasteiger partial charge on any atom is -0.497 e. The number of amides is 1. The quantitative estimate of drug-likeness (QED) is 0.497. The number of aromatic nitrogens is 3. The van der Waals surface area contributed by atoms with Gasteiger partial charge in [-0.05, 0) is 60.2 Å². The Labute approximate surface area is 180 Å². The molecule has 1 amide bonds. The Hall–Kier alpha value is -3.67. The lowest BCUT2D eigenvalue weighted by atomic mass is 9.76. The zero-order valence-corrected chi connectivity index (χ0v) is 17.4. The molecular formula is C25H24N4O2. The minimum atomic E-state index is -0.0728. The summed E-state index contributed by atoms with van der Waals surface area (Å²) >= 11 is 0. The van der Waals surface area contributed by atoms with E-state index in [1.807, 2.05) is 55.0 Å². The number of ether oxygens (including phenoxy) is 1. The lowest BCUT2D eigenvalue weighted by Gasteiger charge is -2.36. The lowest BCUT2D eigenvalue weighted by Crippen LogP contribution is -2.24. The SMILES string of the molecule is COc1cccc(C2CC(n3cnc(NC(=O)Cc4ccc5ncccc5c4)c3)C2)c1. The maximum absolute atomic E-state index is 12.5. The van der Waals surface area contributed by atoms with Gasteiger partial charge in [-0.15, -0.1) is 0 Å². The second-order valence-corrected chi connectivity index (χ2v) is 8.06. The van der Waals surface area contributed by atoms with Crippen LogP contribution in [0.1, 0.15) is 35.9 Å². The summed E-state index contributed by atoms with van der Waals surface area (Å²) in [4.78, 5) is 21.2. The average Bonchev–Trinajstić information content (AvgIpc) is 3.20. The van der Waals surface area contributed by atoms with E-state index >= 15 is 0 Å². The van der Waals surface area contributed by atoms with Gasteiger partial charge < -0.3 is 14.6 Å². The fourth-order valence-corrected chi connectivity index (χ4v) is 4.21. The van der Waals surface area contributed by atoms with E-state index in [0.717, 1.165) is 35.1 Å². The predicted octanol–water partition coefficient (Wildman–Crippen LogP) is 4.74.